The number of aromatic nitrogens is 3. The topological polar surface area (TPSA) is 93.9 Å². The minimum atomic E-state index is -0.341. The quantitative estimate of drug-likeness (QED) is 0.443. The van der Waals surface area contributed by atoms with E-state index in [-0.39, 0.29) is 25.3 Å². The molecule has 0 N–H and O–H groups in total. The number of fused-ring (bicyclic) bond motifs is 1. The molecule has 1 aromatic heterocycles. The lowest BCUT2D eigenvalue weighted by Gasteiger charge is -2.08. The van der Waals surface area contributed by atoms with Gasteiger partial charge in [0, 0.05) is 18.2 Å². The highest BCUT2D eigenvalue weighted by molar-refractivity contribution is 5.97. The number of unbranched alkanes of at least 4 members (excludes halogenated alkanes) is 1. The molecule has 9 nitrogen and oxygen atoms in total. The van der Waals surface area contributed by atoms with Gasteiger partial charge in [-0.05, 0) is 48.9 Å². The first-order chi connectivity index (χ1) is 15.7. The smallest absolute Gasteiger partial charge is 0.336 e. The highest BCUT2D eigenvalue weighted by Crippen LogP contribution is 2.36. The first-order valence-electron chi connectivity index (χ1n) is 10.5. The van der Waals surface area contributed by atoms with Crippen molar-refractivity contribution in [3.8, 4) is 34.6 Å². The van der Waals surface area contributed by atoms with Crippen LogP contribution >= 0.6 is 0 Å². The summed E-state index contributed by atoms with van der Waals surface area (Å²) in [6.45, 7) is 3.54. The Morgan fingerprint density at radius 1 is 1.03 bits per heavy atom. The van der Waals surface area contributed by atoms with Crippen molar-refractivity contribution in [3.05, 3.63) is 48.0 Å². The van der Waals surface area contributed by atoms with Gasteiger partial charge in [0.25, 0.3) is 5.91 Å². The number of carbonyl (C=O) groups is 1. The molecule has 0 amide bonds. The Morgan fingerprint density at radius 3 is 2.62 bits per heavy atom. The normalized spacial score (nSPS) is 12.1. The third-order valence-corrected chi connectivity index (χ3v) is 4.80. The molecule has 0 atom stereocenters. The number of hydrogen-bond acceptors (Lipinski definition) is 8. The van der Waals surface area contributed by atoms with E-state index in [9.17, 15) is 4.79 Å². The van der Waals surface area contributed by atoms with Gasteiger partial charge in [-0.1, -0.05) is 13.3 Å². The number of benzene rings is 2. The lowest BCUT2D eigenvalue weighted by Crippen LogP contribution is -2.15. The van der Waals surface area contributed by atoms with Crippen LogP contribution in [-0.4, -0.2) is 54.4 Å². The molecule has 0 spiro atoms. The molecule has 0 radical (unpaired) electrons. The second kappa shape index (κ2) is 10.1. The van der Waals surface area contributed by atoms with Crippen molar-refractivity contribution in [2.75, 3.05) is 33.7 Å². The molecule has 0 saturated carbocycles. The minimum absolute atomic E-state index is 0.0857. The first kappa shape index (κ1) is 21.6. The lowest BCUT2D eigenvalue weighted by molar-refractivity contribution is 0.0943. The average Bonchev–Trinajstić information content (AvgIpc) is 3.46. The van der Waals surface area contributed by atoms with Gasteiger partial charge in [0.15, 0.2) is 17.3 Å². The van der Waals surface area contributed by atoms with Crippen LogP contribution in [0.5, 0.6) is 23.3 Å². The fourth-order valence-corrected chi connectivity index (χ4v) is 3.09. The summed E-state index contributed by atoms with van der Waals surface area (Å²) in [6, 6.07) is 12.4. The van der Waals surface area contributed by atoms with Crippen LogP contribution in [0.15, 0.2) is 42.5 Å². The van der Waals surface area contributed by atoms with Gasteiger partial charge in [-0.25, -0.2) is 0 Å². The number of hydrogen-bond donors (Lipinski definition) is 0. The number of nitrogens with zero attached hydrogens (tertiary/aromatic N) is 3. The van der Waals surface area contributed by atoms with Crippen LogP contribution in [0.4, 0.5) is 0 Å². The van der Waals surface area contributed by atoms with Crippen LogP contribution in [0, 0.1) is 0 Å². The van der Waals surface area contributed by atoms with Gasteiger partial charge in [-0.3, -0.25) is 4.79 Å². The molecular formula is C23H25N3O6. The number of ether oxygens (including phenoxy) is 5. The van der Waals surface area contributed by atoms with Crippen molar-refractivity contribution < 1.29 is 28.5 Å². The van der Waals surface area contributed by atoms with Gasteiger partial charge in [-0.2, -0.15) is 9.67 Å². The lowest BCUT2D eigenvalue weighted by atomic mass is 10.1. The van der Waals surface area contributed by atoms with Gasteiger partial charge in [0.2, 0.25) is 6.79 Å². The van der Waals surface area contributed by atoms with Crippen LogP contribution < -0.4 is 18.9 Å². The highest BCUT2D eigenvalue weighted by atomic mass is 16.7. The van der Waals surface area contributed by atoms with Crippen molar-refractivity contribution in [1.82, 2.24) is 14.8 Å². The number of carbonyl (C=O) groups excluding carboxylic acids is 1. The van der Waals surface area contributed by atoms with Gasteiger partial charge >= 0.3 is 6.01 Å². The second-order valence-electron chi connectivity index (χ2n) is 7.07. The summed E-state index contributed by atoms with van der Waals surface area (Å²) in [4.78, 5) is 17.7. The van der Waals surface area contributed by atoms with Crippen LogP contribution in [0.1, 0.15) is 30.1 Å². The standard InChI is InChI=1S/C23H25N3O6/c1-3-4-11-29-18-8-5-16(6-9-18)22(27)26-21(24-23(25-26)30-13-12-28-2)17-7-10-19-20(14-17)32-15-31-19/h5-10,14H,3-4,11-13,15H2,1-2H3. The zero-order chi connectivity index (χ0) is 22.3. The summed E-state index contributed by atoms with van der Waals surface area (Å²) < 4.78 is 28.3. The molecule has 0 unspecified atom stereocenters. The van der Waals surface area contributed by atoms with Crippen molar-refractivity contribution in [1.29, 1.82) is 0 Å². The van der Waals surface area contributed by atoms with Crippen molar-refractivity contribution in [2.24, 2.45) is 0 Å². The van der Waals surface area contributed by atoms with Crippen molar-refractivity contribution in [2.45, 2.75) is 19.8 Å². The second-order valence-corrected chi connectivity index (χ2v) is 7.07. The van der Waals surface area contributed by atoms with Gasteiger partial charge < -0.3 is 23.7 Å². The fourth-order valence-electron chi connectivity index (χ4n) is 3.09. The van der Waals surface area contributed by atoms with E-state index in [0.29, 0.717) is 47.4 Å². The Kier molecular flexibility index (Phi) is 6.86. The van der Waals surface area contributed by atoms with Crippen LogP contribution in [0.25, 0.3) is 11.4 Å². The third-order valence-electron chi connectivity index (χ3n) is 4.80. The molecule has 3 aromatic rings. The molecule has 1 aliphatic heterocycles. The Balaban J connectivity index is 1.62. The third kappa shape index (κ3) is 4.83. The Bertz CT molecular complexity index is 1060. The van der Waals surface area contributed by atoms with E-state index < -0.39 is 0 Å². The minimum Gasteiger partial charge on any atom is -0.494 e. The molecule has 2 heterocycles. The highest BCUT2D eigenvalue weighted by Gasteiger charge is 2.22. The van der Waals surface area contributed by atoms with E-state index in [1.54, 1.807) is 49.6 Å². The molecule has 32 heavy (non-hydrogen) atoms. The summed E-state index contributed by atoms with van der Waals surface area (Å²) in [6.07, 6.45) is 2.03. The van der Waals surface area contributed by atoms with Gasteiger partial charge in [0.05, 0.1) is 13.2 Å². The van der Waals surface area contributed by atoms with Crippen LogP contribution in [0.3, 0.4) is 0 Å². The molecule has 168 valence electrons. The zero-order valence-corrected chi connectivity index (χ0v) is 18.1. The Morgan fingerprint density at radius 2 is 1.84 bits per heavy atom. The Labute approximate surface area is 185 Å². The maximum Gasteiger partial charge on any atom is 0.336 e. The Hall–Kier alpha value is -3.59. The van der Waals surface area contributed by atoms with Crippen LogP contribution in [-0.2, 0) is 4.74 Å². The average molecular weight is 439 g/mol. The summed E-state index contributed by atoms with van der Waals surface area (Å²) in [5, 5.41) is 4.29. The van der Waals surface area contributed by atoms with E-state index in [4.69, 9.17) is 23.7 Å². The van der Waals surface area contributed by atoms with E-state index >= 15 is 0 Å². The van der Waals surface area contributed by atoms with Gasteiger partial charge in [0.1, 0.15) is 12.4 Å². The molecule has 2 aromatic carbocycles. The van der Waals surface area contributed by atoms with E-state index in [2.05, 4.69) is 17.0 Å². The van der Waals surface area contributed by atoms with Crippen LogP contribution in [0.2, 0.25) is 0 Å². The summed E-state index contributed by atoms with van der Waals surface area (Å²) in [7, 11) is 1.58. The molecule has 4 rings (SSSR count). The SMILES string of the molecule is CCCCOc1ccc(C(=O)n2nc(OCCOC)nc2-c2ccc3c(c2)OCO3)cc1. The largest absolute Gasteiger partial charge is 0.494 e. The molecule has 1 aliphatic rings. The molecule has 0 aliphatic carbocycles. The summed E-state index contributed by atoms with van der Waals surface area (Å²) in [5.41, 5.74) is 1.10. The summed E-state index contributed by atoms with van der Waals surface area (Å²) in [5.74, 6) is 1.94. The zero-order valence-electron chi connectivity index (χ0n) is 18.1. The van der Waals surface area contributed by atoms with E-state index in [1.807, 2.05) is 0 Å². The predicted octanol–water partition coefficient (Wildman–Crippen LogP) is 3.57. The fraction of sp³-hybridized carbons (Fsp3) is 0.348. The summed E-state index contributed by atoms with van der Waals surface area (Å²) >= 11 is 0. The van der Waals surface area contributed by atoms with Crippen molar-refractivity contribution >= 4 is 5.91 Å². The molecule has 9 heteroatoms. The van der Waals surface area contributed by atoms with Crippen molar-refractivity contribution in [3.63, 3.8) is 0 Å². The van der Waals surface area contributed by atoms with E-state index in [1.165, 1.54) is 4.68 Å². The molecule has 0 saturated heterocycles. The predicted molar refractivity (Wildman–Crippen MR) is 116 cm³/mol. The molecule has 0 bridgehead atoms. The molecule has 0 fully saturated rings. The maximum atomic E-state index is 13.3. The first-order valence-corrected chi connectivity index (χ1v) is 10.5. The maximum absolute atomic E-state index is 13.3. The number of rotatable bonds is 10. The number of methoxy groups -OCH3 is 1. The van der Waals surface area contributed by atoms with E-state index in [0.717, 1.165) is 12.8 Å². The monoisotopic (exact) mass is 439 g/mol. The molecular weight excluding hydrogens is 414 g/mol. The van der Waals surface area contributed by atoms with Gasteiger partial charge in [-0.15, -0.1) is 5.10 Å².